The fourth-order valence-electron chi connectivity index (χ4n) is 5.30. The van der Waals surface area contributed by atoms with Crippen LogP contribution in [0.15, 0.2) is 18.2 Å². The molecule has 0 amide bonds. The van der Waals surface area contributed by atoms with Gasteiger partial charge in [-0.25, -0.2) is 0 Å². The van der Waals surface area contributed by atoms with Gasteiger partial charge in [0.2, 0.25) is 0 Å². The molecule has 0 radical (unpaired) electrons. The number of likely N-dealkylation sites (N-methyl/N-ethyl adjacent to an activating group) is 1. The number of fused-ring (bicyclic) bond motifs is 1. The van der Waals surface area contributed by atoms with Crippen molar-refractivity contribution in [2.24, 2.45) is 5.92 Å². The molecule has 6 nitrogen and oxygen atoms in total. The molecule has 2 aliphatic carbocycles. The summed E-state index contributed by atoms with van der Waals surface area (Å²) in [5, 5.41) is 14.8. The first-order chi connectivity index (χ1) is 11.5. The molecule has 1 aliphatic heterocycles. The average Bonchev–Trinajstić information content (AvgIpc) is 2.57. The lowest BCUT2D eigenvalue weighted by atomic mass is 9.52. The van der Waals surface area contributed by atoms with E-state index in [1.807, 2.05) is 0 Å². The van der Waals surface area contributed by atoms with Crippen LogP contribution in [0.3, 0.4) is 0 Å². The number of methoxy groups -OCH3 is 1. The van der Waals surface area contributed by atoms with Crippen LogP contribution >= 0.6 is 0 Å². The predicted molar refractivity (Wildman–Crippen MR) is 91.7 cm³/mol. The van der Waals surface area contributed by atoms with Crippen LogP contribution in [0, 0.1) is 21.2 Å². The van der Waals surface area contributed by atoms with Crippen LogP contribution in [0.25, 0.3) is 0 Å². The molecule has 0 aromatic heterocycles. The highest BCUT2D eigenvalue weighted by atomic mass is 16.9. The summed E-state index contributed by atoms with van der Waals surface area (Å²) in [7, 11) is 4.12. The molecule has 1 heterocycles. The van der Waals surface area contributed by atoms with E-state index in [2.05, 4.69) is 30.1 Å². The van der Waals surface area contributed by atoms with Gasteiger partial charge in [-0.1, -0.05) is 18.9 Å². The molecule has 2 bridgehead atoms. The van der Waals surface area contributed by atoms with Gasteiger partial charge in [0.05, 0.1) is 12.2 Å². The standard InChI is InChI=1S/C18H25NO.NO3/c1-19-10-9-18-8-4-3-5-15(18)17(19)11-13-6-7-14(20-2)12-16(13)18;2-1(3)4/h6-7,12,15,17H,3-5,8-11H2,1-2H3;/q;-1/t15-,17-,18+;/m1./s1. The Balaban J connectivity index is 0.000000383. The van der Waals surface area contributed by atoms with Gasteiger partial charge >= 0.3 is 0 Å². The molecule has 4 rings (SSSR count). The summed E-state index contributed by atoms with van der Waals surface area (Å²) >= 11 is 0. The Kier molecular flexibility index (Phi) is 4.67. The molecular weight excluding hydrogens is 308 g/mol. The summed E-state index contributed by atoms with van der Waals surface area (Å²) in [5.41, 5.74) is 3.67. The minimum atomic E-state index is -1.75. The van der Waals surface area contributed by atoms with Gasteiger partial charge in [-0.3, -0.25) is 0 Å². The molecule has 1 saturated carbocycles. The fourth-order valence-corrected chi connectivity index (χ4v) is 5.30. The van der Waals surface area contributed by atoms with Crippen molar-refractivity contribution in [2.45, 2.75) is 50.0 Å². The van der Waals surface area contributed by atoms with Crippen LogP contribution in [0.5, 0.6) is 5.75 Å². The normalized spacial score (nSPS) is 31.1. The number of likely N-dealkylation sites (tertiary alicyclic amines) is 1. The van der Waals surface area contributed by atoms with Crippen LogP contribution in [-0.4, -0.2) is 36.7 Å². The highest BCUT2D eigenvalue weighted by molar-refractivity contribution is 5.45. The molecule has 3 atom stereocenters. The van der Waals surface area contributed by atoms with Gasteiger partial charge in [0, 0.05) is 11.5 Å². The third-order valence-corrected chi connectivity index (χ3v) is 6.32. The lowest BCUT2D eigenvalue weighted by Gasteiger charge is -2.58. The summed E-state index contributed by atoms with van der Waals surface area (Å²) in [4.78, 5) is 10.9. The molecule has 0 spiro atoms. The van der Waals surface area contributed by atoms with Gasteiger partial charge in [0.15, 0.2) is 0 Å². The lowest BCUT2D eigenvalue weighted by molar-refractivity contribution is -0.402. The Bertz CT molecular complexity index is 617. The third kappa shape index (κ3) is 2.83. The van der Waals surface area contributed by atoms with Crippen molar-refractivity contribution in [3.05, 3.63) is 44.6 Å². The second-order valence-corrected chi connectivity index (χ2v) is 7.26. The molecule has 0 unspecified atom stereocenters. The number of piperidine rings is 1. The average molecular weight is 333 g/mol. The smallest absolute Gasteiger partial charge is 0.119 e. The summed E-state index contributed by atoms with van der Waals surface area (Å²) in [6, 6.07) is 7.60. The Labute approximate surface area is 142 Å². The Morgan fingerprint density at radius 3 is 2.75 bits per heavy atom. The van der Waals surface area contributed by atoms with Crippen LogP contribution in [0.1, 0.15) is 43.2 Å². The second kappa shape index (κ2) is 6.59. The highest BCUT2D eigenvalue weighted by Gasteiger charge is 2.53. The number of benzene rings is 1. The van der Waals surface area contributed by atoms with E-state index >= 15 is 0 Å². The van der Waals surface area contributed by atoms with E-state index in [1.54, 1.807) is 18.2 Å². The van der Waals surface area contributed by atoms with Gasteiger partial charge in [0.25, 0.3) is 0 Å². The first-order valence-corrected chi connectivity index (χ1v) is 8.67. The molecule has 0 N–H and O–H groups in total. The van der Waals surface area contributed by atoms with Crippen LogP contribution in [0.4, 0.5) is 0 Å². The summed E-state index contributed by atoms with van der Waals surface area (Å²) in [6.45, 7) is 1.26. The Morgan fingerprint density at radius 1 is 1.29 bits per heavy atom. The number of hydrogen-bond donors (Lipinski definition) is 0. The number of rotatable bonds is 1. The van der Waals surface area contributed by atoms with E-state index in [0.717, 1.165) is 17.7 Å². The van der Waals surface area contributed by atoms with E-state index in [-0.39, 0.29) is 0 Å². The van der Waals surface area contributed by atoms with Gasteiger partial charge in [-0.2, -0.15) is 0 Å². The monoisotopic (exact) mass is 333 g/mol. The topological polar surface area (TPSA) is 78.7 Å². The number of nitrogens with zero attached hydrogens (tertiary/aromatic N) is 2. The zero-order chi connectivity index (χ0) is 17.3. The summed E-state index contributed by atoms with van der Waals surface area (Å²) in [6.07, 6.45) is 8.22. The quantitative estimate of drug-likeness (QED) is 0.583. The lowest BCUT2D eigenvalue weighted by Crippen LogP contribution is -2.59. The first kappa shape index (κ1) is 17.0. The van der Waals surface area contributed by atoms with Crippen molar-refractivity contribution in [1.82, 2.24) is 4.90 Å². The second-order valence-electron chi connectivity index (χ2n) is 7.26. The van der Waals surface area contributed by atoms with Gasteiger partial charge in [-0.05, 0) is 68.5 Å². The molecule has 1 aromatic rings. The SMILES string of the molecule is COc1ccc2c(c1)[C@]13CCCC[C@@H]1[C@@H](C2)N(C)CC3.O=[N+]([O-])[O-]. The maximum atomic E-state index is 8.25. The zero-order valence-corrected chi connectivity index (χ0v) is 14.4. The number of hydrogen-bond acceptors (Lipinski definition) is 5. The molecule has 3 aliphatic rings. The largest absolute Gasteiger partial charge is 0.497 e. The first-order valence-electron chi connectivity index (χ1n) is 8.67. The van der Waals surface area contributed by atoms with Crippen molar-refractivity contribution in [1.29, 1.82) is 0 Å². The van der Waals surface area contributed by atoms with Crippen LogP contribution in [0.2, 0.25) is 0 Å². The van der Waals surface area contributed by atoms with Crippen LogP contribution < -0.4 is 4.74 Å². The summed E-state index contributed by atoms with van der Waals surface area (Å²) in [5.74, 6) is 1.91. The molecular formula is C18H25N2O4-. The van der Waals surface area contributed by atoms with Crippen molar-refractivity contribution in [3.8, 4) is 5.75 Å². The van der Waals surface area contributed by atoms with Gasteiger partial charge < -0.3 is 25.0 Å². The fraction of sp³-hybridized carbons (Fsp3) is 0.667. The molecule has 1 saturated heterocycles. The molecule has 1 aromatic carbocycles. The molecule has 6 heteroatoms. The maximum Gasteiger partial charge on any atom is 0.119 e. The van der Waals surface area contributed by atoms with E-state index in [9.17, 15) is 0 Å². The van der Waals surface area contributed by atoms with Gasteiger partial charge in [-0.15, -0.1) is 0 Å². The van der Waals surface area contributed by atoms with Crippen molar-refractivity contribution >= 4 is 0 Å². The van der Waals surface area contributed by atoms with E-state index in [0.29, 0.717) is 5.41 Å². The van der Waals surface area contributed by atoms with E-state index < -0.39 is 5.09 Å². The van der Waals surface area contributed by atoms with Crippen LogP contribution in [-0.2, 0) is 11.8 Å². The predicted octanol–water partition coefficient (Wildman–Crippen LogP) is 3.14. The van der Waals surface area contributed by atoms with Crippen molar-refractivity contribution in [2.75, 3.05) is 20.7 Å². The highest BCUT2D eigenvalue weighted by Crippen LogP contribution is 2.55. The number of ether oxygens (including phenoxy) is 1. The third-order valence-electron chi connectivity index (χ3n) is 6.32. The minimum Gasteiger partial charge on any atom is -0.497 e. The minimum absolute atomic E-state index is 0.456. The molecule has 24 heavy (non-hydrogen) atoms. The van der Waals surface area contributed by atoms with E-state index in [4.69, 9.17) is 20.1 Å². The zero-order valence-electron chi connectivity index (χ0n) is 14.4. The maximum absolute atomic E-state index is 8.25. The van der Waals surface area contributed by atoms with E-state index in [1.165, 1.54) is 45.1 Å². The summed E-state index contributed by atoms with van der Waals surface area (Å²) < 4.78 is 5.51. The molecule has 132 valence electrons. The van der Waals surface area contributed by atoms with Gasteiger partial charge in [0.1, 0.15) is 5.75 Å². The van der Waals surface area contributed by atoms with Crippen molar-refractivity contribution in [3.63, 3.8) is 0 Å². The molecule has 2 fully saturated rings. The Morgan fingerprint density at radius 2 is 2.04 bits per heavy atom. The van der Waals surface area contributed by atoms with Crippen molar-refractivity contribution < 1.29 is 9.82 Å². The Hall–Kier alpha value is -1.82.